The summed E-state index contributed by atoms with van der Waals surface area (Å²) >= 11 is 0. The van der Waals surface area contributed by atoms with Crippen LogP contribution in [0.4, 0.5) is 0 Å². The normalized spacial score (nSPS) is 25.6. The molecule has 1 spiro atoms. The van der Waals surface area contributed by atoms with Crippen molar-refractivity contribution < 1.29 is 14.3 Å². The first-order chi connectivity index (χ1) is 8.52. The molecule has 1 unspecified atom stereocenters. The van der Waals surface area contributed by atoms with Gasteiger partial charge in [-0.2, -0.15) is 0 Å². The zero-order valence-corrected chi connectivity index (χ0v) is 11.6. The highest BCUT2D eigenvalue weighted by atomic mass is 16.7. The number of hydrogen-bond donors (Lipinski definition) is 1. The minimum atomic E-state index is -0.356. The van der Waals surface area contributed by atoms with Crippen LogP contribution < -0.4 is 5.32 Å². The number of nitrogens with one attached hydrogen (secondary N) is 1. The lowest BCUT2D eigenvalue weighted by atomic mass is 10.0. The monoisotopic (exact) mass is 256 g/mol. The maximum atomic E-state index is 12.0. The molecule has 0 aromatic rings. The molecular formula is C13H24N2O3. The predicted octanol–water partition coefficient (Wildman–Crippen LogP) is 0.738. The van der Waals surface area contributed by atoms with Gasteiger partial charge in [-0.3, -0.25) is 9.69 Å². The molecular weight excluding hydrogens is 232 g/mol. The topological polar surface area (TPSA) is 50.8 Å². The average molecular weight is 256 g/mol. The van der Waals surface area contributed by atoms with Crippen molar-refractivity contribution in [2.45, 2.75) is 51.5 Å². The third-order valence-corrected chi connectivity index (χ3v) is 3.73. The molecule has 2 heterocycles. The molecule has 2 rings (SSSR count). The molecule has 2 fully saturated rings. The van der Waals surface area contributed by atoms with E-state index in [0.29, 0.717) is 13.2 Å². The van der Waals surface area contributed by atoms with E-state index in [9.17, 15) is 4.79 Å². The van der Waals surface area contributed by atoms with Crippen LogP contribution in [-0.4, -0.2) is 55.0 Å². The van der Waals surface area contributed by atoms with Crippen LogP contribution in [0.3, 0.4) is 0 Å². The maximum absolute atomic E-state index is 12.0. The molecule has 0 radical (unpaired) electrons. The van der Waals surface area contributed by atoms with Crippen molar-refractivity contribution in [2.75, 3.05) is 26.3 Å². The first-order valence-corrected chi connectivity index (χ1v) is 6.85. The Bertz CT molecular complexity index is 291. The lowest BCUT2D eigenvalue weighted by molar-refractivity contribution is -0.188. The van der Waals surface area contributed by atoms with Crippen molar-refractivity contribution in [3.05, 3.63) is 0 Å². The van der Waals surface area contributed by atoms with Crippen LogP contribution in [-0.2, 0) is 14.3 Å². The Balaban J connectivity index is 1.83. The third-order valence-electron chi connectivity index (χ3n) is 3.73. The van der Waals surface area contributed by atoms with Gasteiger partial charge in [0.1, 0.15) is 0 Å². The average Bonchev–Trinajstić information content (AvgIpc) is 2.77. The minimum Gasteiger partial charge on any atom is -0.353 e. The molecule has 0 saturated carbocycles. The van der Waals surface area contributed by atoms with Crippen molar-refractivity contribution >= 4 is 5.91 Å². The number of rotatable bonds is 3. The second-order valence-corrected chi connectivity index (χ2v) is 5.48. The molecule has 0 aromatic carbocycles. The van der Waals surface area contributed by atoms with Crippen molar-refractivity contribution in [3.8, 4) is 0 Å². The summed E-state index contributed by atoms with van der Waals surface area (Å²) in [6, 6.07) is 0.115. The highest BCUT2D eigenvalue weighted by molar-refractivity contribution is 5.81. The Morgan fingerprint density at radius 2 is 1.72 bits per heavy atom. The van der Waals surface area contributed by atoms with Crippen molar-refractivity contribution in [2.24, 2.45) is 0 Å². The van der Waals surface area contributed by atoms with Crippen LogP contribution in [0, 0.1) is 0 Å². The molecule has 0 bridgehead atoms. The molecule has 0 aliphatic carbocycles. The number of amides is 1. The van der Waals surface area contributed by atoms with Gasteiger partial charge in [-0.05, 0) is 20.8 Å². The van der Waals surface area contributed by atoms with Gasteiger partial charge >= 0.3 is 0 Å². The van der Waals surface area contributed by atoms with E-state index in [2.05, 4.69) is 10.2 Å². The first-order valence-electron chi connectivity index (χ1n) is 6.85. The molecule has 0 aromatic heterocycles. The smallest absolute Gasteiger partial charge is 0.237 e. The van der Waals surface area contributed by atoms with Gasteiger partial charge in [0, 0.05) is 32.0 Å². The number of carbonyl (C=O) groups is 1. The molecule has 2 aliphatic heterocycles. The number of carbonyl (C=O) groups excluding carboxylic acids is 1. The summed E-state index contributed by atoms with van der Waals surface area (Å²) in [7, 11) is 0. The van der Waals surface area contributed by atoms with E-state index >= 15 is 0 Å². The number of nitrogens with zero attached hydrogens (tertiary/aromatic N) is 1. The molecule has 18 heavy (non-hydrogen) atoms. The van der Waals surface area contributed by atoms with Gasteiger partial charge in [-0.15, -0.1) is 0 Å². The Morgan fingerprint density at radius 1 is 1.17 bits per heavy atom. The number of piperidine rings is 1. The van der Waals surface area contributed by atoms with Crippen molar-refractivity contribution in [1.82, 2.24) is 10.2 Å². The second-order valence-electron chi connectivity index (χ2n) is 5.48. The zero-order chi connectivity index (χ0) is 13.2. The quantitative estimate of drug-likeness (QED) is 0.809. The SMILES string of the molecule is CC(C)NC(=O)C(C)N1CCC2(CC1)OCCO2. The van der Waals surface area contributed by atoms with E-state index in [1.165, 1.54) is 0 Å². The van der Waals surface area contributed by atoms with Gasteiger partial charge in [0.25, 0.3) is 0 Å². The van der Waals surface area contributed by atoms with Gasteiger partial charge in [0.2, 0.25) is 5.91 Å². The molecule has 1 atom stereocenters. The lowest BCUT2D eigenvalue weighted by Gasteiger charge is -2.39. The van der Waals surface area contributed by atoms with Crippen LogP contribution in [0.5, 0.6) is 0 Å². The molecule has 104 valence electrons. The van der Waals surface area contributed by atoms with Crippen molar-refractivity contribution in [3.63, 3.8) is 0 Å². The van der Waals surface area contributed by atoms with E-state index in [1.54, 1.807) is 0 Å². The van der Waals surface area contributed by atoms with Crippen LogP contribution in [0.15, 0.2) is 0 Å². The van der Waals surface area contributed by atoms with E-state index in [-0.39, 0.29) is 23.8 Å². The van der Waals surface area contributed by atoms with Gasteiger partial charge in [0.05, 0.1) is 19.3 Å². The lowest BCUT2D eigenvalue weighted by Crippen LogP contribution is -2.53. The fraction of sp³-hybridized carbons (Fsp3) is 0.923. The summed E-state index contributed by atoms with van der Waals surface area (Å²) in [4.78, 5) is 14.2. The standard InChI is InChI=1S/C13H24N2O3/c1-10(2)14-12(16)11(3)15-6-4-13(5-7-15)17-8-9-18-13/h10-11H,4-9H2,1-3H3,(H,14,16). The summed E-state index contributed by atoms with van der Waals surface area (Å²) in [6.07, 6.45) is 1.71. The molecule has 1 amide bonds. The van der Waals surface area contributed by atoms with Gasteiger partial charge in [-0.25, -0.2) is 0 Å². The van der Waals surface area contributed by atoms with Gasteiger partial charge < -0.3 is 14.8 Å². The first kappa shape index (κ1) is 13.8. The Morgan fingerprint density at radius 3 is 2.22 bits per heavy atom. The van der Waals surface area contributed by atoms with Gasteiger partial charge in [-0.1, -0.05) is 0 Å². The number of ether oxygens (including phenoxy) is 2. The Hall–Kier alpha value is -0.650. The largest absolute Gasteiger partial charge is 0.353 e. The molecule has 5 heteroatoms. The van der Waals surface area contributed by atoms with Crippen LogP contribution in [0.25, 0.3) is 0 Å². The van der Waals surface area contributed by atoms with Gasteiger partial charge in [0.15, 0.2) is 5.79 Å². The molecule has 5 nitrogen and oxygen atoms in total. The Labute approximate surface area is 109 Å². The fourth-order valence-electron chi connectivity index (χ4n) is 2.61. The second kappa shape index (κ2) is 5.55. The predicted molar refractivity (Wildman–Crippen MR) is 68.2 cm³/mol. The van der Waals surface area contributed by atoms with E-state index in [4.69, 9.17) is 9.47 Å². The van der Waals surface area contributed by atoms with Crippen LogP contribution >= 0.6 is 0 Å². The summed E-state index contributed by atoms with van der Waals surface area (Å²) in [5.74, 6) is -0.251. The van der Waals surface area contributed by atoms with Crippen LogP contribution in [0.2, 0.25) is 0 Å². The molecule has 2 saturated heterocycles. The summed E-state index contributed by atoms with van der Waals surface area (Å²) in [5.41, 5.74) is 0. The highest BCUT2D eigenvalue weighted by Gasteiger charge is 2.41. The number of likely N-dealkylation sites (tertiary alicyclic amines) is 1. The molecule has 1 N–H and O–H groups in total. The van der Waals surface area contributed by atoms with Crippen LogP contribution in [0.1, 0.15) is 33.6 Å². The highest BCUT2D eigenvalue weighted by Crippen LogP contribution is 2.31. The minimum absolute atomic E-state index is 0.0776. The van der Waals surface area contributed by atoms with E-state index < -0.39 is 0 Å². The van der Waals surface area contributed by atoms with E-state index in [0.717, 1.165) is 25.9 Å². The zero-order valence-electron chi connectivity index (χ0n) is 11.6. The summed E-state index contributed by atoms with van der Waals surface area (Å²) in [5, 5.41) is 2.96. The maximum Gasteiger partial charge on any atom is 0.237 e. The summed E-state index contributed by atoms with van der Waals surface area (Å²) < 4.78 is 11.4. The third kappa shape index (κ3) is 3.02. The summed E-state index contributed by atoms with van der Waals surface area (Å²) in [6.45, 7) is 9.03. The van der Waals surface area contributed by atoms with Crippen molar-refractivity contribution in [1.29, 1.82) is 0 Å². The molecule has 2 aliphatic rings. The van der Waals surface area contributed by atoms with E-state index in [1.807, 2.05) is 20.8 Å². The fourth-order valence-corrected chi connectivity index (χ4v) is 2.61. The Kier molecular flexibility index (Phi) is 4.25. The number of hydrogen-bond acceptors (Lipinski definition) is 4.